The maximum absolute atomic E-state index is 13.4. The molecule has 1 atom stereocenters. The lowest BCUT2D eigenvalue weighted by Crippen LogP contribution is -2.45. The second kappa shape index (κ2) is 10.5. The first kappa shape index (κ1) is 26.0. The summed E-state index contributed by atoms with van der Waals surface area (Å²) in [5.74, 6) is 0. The van der Waals surface area contributed by atoms with E-state index < -0.39 is 29.5 Å². The summed E-state index contributed by atoms with van der Waals surface area (Å²) < 4.78 is 78.9. The Kier molecular flexibility index (Phi) is 10.2. The molecule has 2 rings (SSSR count). The normalized spacial score (nSPS) is 16.8. The molecular formula is C17H22Cl2F6N2. The Morgan fingerprint density at radius 2 is 1.63 bits per heavy atom. The van der Waals surface area contributed by atoms with E-state index in [1.165, 1.54) is 0 Å². The zero-order chi connectivity index (χ0) is 18.7. The number of rotatable bonds is 5. The summed E-state index contributed by atoms with van der Waals surface area (Å²) in [5.41, 5.74) is -2.61. The highest BCUT2D eigenvalue weighted by molar-refractivity contribution is 5.85. The van der Waals surface area contributed by atoms with Gasteiger partial charge in [0.2, 0.25) is 0 Å². The smallest absolute Gasteiger partial charge is 0.314 e. The molecule has 1 N–H and O–H groups in total. The van der Waals surface area contributed by atoms with Gasteiger partial charge < -0.3 is 5.32 Å². The second-order valence-corrected chi connectivity index (χ2v) is 5.97. The Labute approximate surface area is 166 Å². The summed E-state index contributed by atoms with van der Waals surface area (Å²) in [7, 11) is 0. The number of nitrogens with zero attached hydrogens (tertiary/aromatic N) is 1. The molecular weight excluding hydrogens is 417 g/mol. The predicted molar refractivity (Wildman–Crippen MR) is 97.6 cm³/mol. The molecule has 0 saturated carbocycles. The third-order valence-electron chi connectivity index (χ3n) is 4.28. The van der Waals surface area contributed by atoms with Crippen LogP contribution in [0.4, 0.5) is 26.3 Å². The van der Waals surface area contributed by atoms with Gasteiger partial charge in [-0.2, -0.15) is 26.3 Å². The van der Waals surface area contributed by atoms with Gasteiger partial charge >= 0.3 is 12.4 Å². The largest absolute Gasteiger partial charge is 0.416 e. The van der Waals surface area contributed by atoms with E-state index in [9.17, 15) is 26.3 Å². The zero-order valence-corrected chi connectivity index (χ0v) is 16.0. The first-order chi connectivity index (χ1) is 11.6. The van der Waals surface area contributed by atoms with Crippen molar-refractivity contribution in [2.75, 3.05) is 26.2 Å². The Bertz CT molecular complexity index is 598. The third-order valence-corrected chi connectivity index (χ3v) is 4.28. The number of allylic oxidation sites excluding steroid dienone is 1. The van der Waals surface area contributed by atoms with Crippen LogP contribution >= 0.6 is 24.8 Å². The van der Waals surface area contributed by atoms with Gasteiger partial charge in [-0.05, 0) is 30.5 Å². The van der Waals surface area contributed by atoms with Crippen molar-refractivity contribution in [2.45, 2.75) is 31.2 Å². The van der Waals surface area contributed by atoms with Crippen molar-refractivity contribution < 1.29 is 26.3 Å². The van der Waals surface area contributed by atoms with Crippen LogP contribution < -0.4 is 5.32 Å². The fourth-order valence-corrected chi connectivity index (χ4v) is 3.07. The zero-order valence-electron chi connectivity index (χ0n) is 14.4. The minimum Gasteiger partial charge on any atom is -0.314 e. The van der Waals surface area contributed by atoms with Gasteiger partial charge in [0.15, 0.2) is 0 Å². The number of nitrogens with one attached hydrogen (secondary N) is 1. The van der Waals surface area contributed by atoms with E-state index in [0.717, 1.165) is 12.1 Å². The number of hydrogen-bond acceptors (Lipinski definition) is 2. The number of halogens is 8. The molecule has 156 valence electrons. The van der Waals surface area contributed by atoms with Crippen LogP contribution in [0.2, 0.25) is 0 Å². The average molecular weight is 439 g/mol. The fraction of sp³-hybridized carbons (Fsp3) is 0.529. The van der Waals surface area contributed by atoms with Crippen molar-refractivity contribution in [3.8, 4) is 0 Å². The first-order valence-electron chi connectivity index (χ1n) is 7.98. The lowest BCUT2D eigenvalue weighted by Gasteiger charge is -2.36. The molecule has 0 unspecified atom stereocenters. The minimum absolute atomic E-state index is 0. The van der Waals surface area contributed by atoms with Crippen molar-refractivity contribution in [3.05, 3.63) is 47.5 Å². The topological polar surface area (TPSA) is 15.3 Å². The van der Waals surface area contributed by atoms with Gasteiger partial charge in [0.1, 0.15) is 0 Å². The molecule has 0 bridgehead atoms. The molecule has 1 aromatic carbocycles. The third kappa shape index (κ3) is 6.85. The monoisotopic (exact) mass is 438 g/mol. The van der Waals surface area contributed by atoms with Crippen molar-refractivity contribution in [1.29, 1.82) is 0 Å². The van der Waals surface area contributed by atoms with Gasteiger partial charge in [0, 0.05) is 32.2 Å². The van der Waals surface area contributed by atoms with E-state index in [-0.39, 0.29) is 36.4 Å². The standard InChI is InChI=1S/C17H20F6N2.2ClH/c1-2-3-4-15(25-9-7-24-8-10-25)13-6-5-12(16(18,19)20)11-14(13)17(21,22)23;;/h2,5-6,11,15,24H,1,3-4,7-10H2;2*1H/t15-;;/m0../s1. The molecule has 0 spiro atoms. The maximum atomic E-state index is 13.4. The Morgan fingerprint density at radius 1 is 1.04 bits per heavy atom. The molecule has 0 aliphatic carbocycles. The molecule has 1 aliphatic heterocycles. The Morgan fingerprint density at radius 3 is 2.11 bits per heavy atom. The average Bonchev–Trinajstić information content (AvgIpc) is 2.54. The second-order valence-electron chi connectivity index (χ2n) is 5.97. The van der Waals surface area contributed by atoms with Gasteiger partial charge in [-0.15, -0.1) is 31.4 Å². The first-order valence-corrected chi connectivity index (χ1v) is 7.98. The minimum atomic E-state index is -4.85. The molecule has 0 radical (unpaired) electrons. The summed E-state index contributed by atoms with van der Waals surface area (Å²) in [4.78, 5) is 1.89. The molecule has 0 aromatic heterocycles. The molecule has 27 heavy (non-hydrogen) atoms. The maximum Gasteiger partial charge on any atom is 0.416 e. The number of piperazine rings is 1. The molecule has 1 aliphatic rings. The summed E-state index contributed by atoms with van der Waals surface area (Å²) in [5, 5.41) is 3.12. The summed E-state index contributed by atoms with van der Waals surface area (Å²) in [6.45, 7) is 5.93. The van der Waals surface area contributed by atoms with Crippen LogP contribution in [0.25, 0.3) is 0 Å². The Hall–Kier alpha value is -0.960. The van der Waals surface area contributed by atoms with Crippen LogP contribution in [0.15, 0.2) is 30.9 Å². The highest BCUT2D eigenvalue weighted by atomic mass is 35.5. The van der Waals surface area contributed by atoms with Crippen LogP contribution in [0.5, 0.6) is 0 Å². The number of benzene rings is 1. The van der Waals surface area contributed by atoms with Crippen LogP contribution in [-0.4, -0.2) is 31.1 Å². The summed E-state index contributed by atoms with van der Waals surface area (Å²) in [6, 6.07) is 1.33. The lowest BCUT2D eigenvalue weighted by molar-refractivity contribution is -0.143. The van der Waals surface area contributed by atoms with Crippen LogP contribution in [-0.2, 0) is 12.4 Å². The van der Waals surface area contributed by atoms with E-state index in [0.29, 0.717) is 39.0 Å². The summed E-state index contributed by atoms with van der Waals surface area (Å²) >= 11 is 0. The van der Waals surface area contributed by atoms with Gasteiger partial charge in [0.25, 0.3) is 0 Å². The van der Waals surface area contributed by atoms with E-state index in [4.69, 9.17) is 0 Å². The van der Waals surface area contributed by atoms with Gasteiger partial charge in [-0.3, -0.25) is 4.90 Å². The fourth-order valence-electron chi connectivity index (χ4n) is 3.07. The SMILES string of the molecule is C=CCC[C@@H](c1ccc(C(F)(F)F)cc1C(F)(F)F)N1CCNCC1.Cl.Cl. The van der Waals surface area contributed by atoms with Gasteiger partial charge in [-0.1, -0.05) is 12.1 Å². The van der Waals surface area contributed by atoms with Crippen molar-refractivity contribution in [2.24, 2.45) is 0 Å². The van der Waals surface area contributed by atoms with Crippen LogP contribution in [0, 0.1) is 0 Å². The molecule has 10 heteroatoms. The van der Waals surface area contributed by atoms with Crippen molar-refractivity contribution in [1.82, 2.24) is 10.2 Å². The highest BCUT2D eigenvalue weighted by Crippen LogP contribution is 2.41. The molecule has 1 heterocycles. The number of alkyl halides is 6. The van der Waals surface area contributed by atoms with Gasteiger partial charge in [0.05, 0.1) is 11.1 Å². The molecule has 1 saturated heterocycles. The highest BCUT2D eigenvalue weighted by Gasteiger charge is 2.40. The van der Waals surface area contributed by atoms with E-state index in [1.807, 2.05) is 4.90 Å². The molecule has 0 amide bonds. The summed E-state index contributed by atoms with van der Waals surface area (Å²) in [6.07, 6.45) is -7.21. The van der Waals surface area contributed by atoms with E-state index in [2.05, 4.69) is 11.9 Å². The lowest BCUT2D eigenvalue weighted by atomic mass is 9.92. The quantitative estimate of drug-likeness (QED) is 0.483. The van der Waals surface area contributed by atoms with E-state index >= 15 is 0 Å². The van der Waals surface area contributed by atoms with Crippen LogP contribution in [0.1, 0.15) is 35.6 Å². The van der Waals surface area contributed by atoms with Gasteiger partial charge in [-0.25, -0.2) is 0 Å². The van der Waals surface area contributed by atoms with E-state index in [1.54, 1.807) is 6.08 Å². The molecule has 1 aromatic rings. The van der Waals surface area contributed by atoms with Crippen molar-refractivity contribution in [3.63, 3.8) is 0 Å². The molecule has 2 nitrogen and oxygen atoms in total. The van der Waals surface area contributed by atoms with Crippen molar-refractivity contribution >= 4 is 24.8 Å². The number of hydrogen-bond donors (Lipinski definition) is 1. The predicted octanol–water partition coefficient (Wildman–Crippen LogP) is 5.48. The van der Waals surface area contributed by atoms with Crippen LogP contribution in [0.3, 0.4) is 0 Å². The Balaban J connectivity index is 0.00000338. The molecule has 1 fully saturated rings.